The van der Waals surface area contributed by atoms with Gasteiger partial charge in [0.25, 0.3) is 0 Å². The minimum Gasteiger partial charge on any atom is -0.310 e. The summed E-state index contributed by atoms with van der Waals surface area (Å²) in [5.41, 5.74) is 6.32. The highest BCUT2D eigenvalue weighted by Crippen LogP contribution is 2.39. The highest BCUT2D eigenvalue weighted by molar-refractivity contribution is 6.09. The van der Waals surface area contributed by atoms with Crippen LogP contribution in [-0.4, -0.2) is 5.78 Å². The van der Waals surface area contributed by atoms with Gasteiger partial charge < -0.3 is 4.90 Å². The van der Waals surface area contributed by atoms with E-state index in [1.807, 2.05) is 54.6 Å². The van der Waals surface area contributed by atoms with Gasteiger partial charge in [-0.25, -0.2) is 4.39 Å². The minimum atomic E-state index is -0.360. The summed E-state index contributed by atoms with van der Waals surface area (Å²) >= 11 is 0. The van der Waals surface area contributed by atoms with Crippen LogP contribution in [0, 0.1) is 5.82 Å². The number of nitrogens with zero attached hydrogens (tertiary/aromatic N) is 1. The van der Waals surface area contributed by atoms with Crippen molar-refractivity contribution in [3.05, 3.63) is 163 Å². The van der Waals surface area contributed by atoms with Crippen LogP contribution in [-0.2, 0) is 0 Å². The molecule has 0 aromatic heterocycles. The van der Waals surface area contributed by atoms with Crippen LogP contribution < -0.4 is 4.90 Å². The summed E-state index contributed by atoms with van der Waals surface area (Å²) in [6, 6.07) is 46.7. The van der Waals surface area contributed by atoms with Crippen molar-refractivity contribution in [2.75, 3.05) is 4.90 Å². The summed E-state index contributed by atoms with van der Waals surface area (Å²) in [4.78, 5) is 15.2. The molecule has 38 heavy (non-hydrogen) atoms. The SMILES string of the molecule is O=C(c1ccc(F)cc1)c1ccc(N(c2ccc(-c3ccccc3)cc2)c2cccc3ccccc23)cc1. The molecule has 0 saturated heterocycles. The van der Waals surface area contributed by atoms with E-state index in [1.54, 1.807) is 0 Å². The summed E-state index contributed by atoms with van der Waals surface area (Å²) in [6.45, 7) is 0. The van der Waals surface area contributed by atoms with Crippen molar-refractivity contribution in [3.8, 4) is 11.1 Å². The molecule has 0 N–H and O–H groups in total. The first-order valence-electron chi connectivity index (χ1n) is 12.5. The van der Waals surface area contributed by atoms with E-state index in [0.717, 1.165) is 33.4 Å². The van der Waals surface area contributed by atoms with Gasteiger partial charge in [-0.2, -0.15) is 0 Å². The molecule has 0 amide bonds. The topological polar surface area (TPSA) is 20.3 Å². The van der Waals surface area contributed by atoms with E-state index < -0.39 is 0 Å². The van der Waals surface area contributed by atoms with Crippen LogP contribution in [0.1, 0.15) is 15.9 Å². The molecule has 0 fully saturated rings. The fraction of sp³-hybridized carbons (Fsp3) is 0. The zero-order valence-electron chi connectivity index (χ0n) is 20.6. The number of carbonyl (C=O) groups is 1. The molecule has 2 nitrogen and oxygen atoms in total. The first kappa shape index (κ1) is 23.4. The van der Waals surface area contributed by atoms with Gasteiger partial charge in [-0.05, 0) is 83.2 Å². The highest BCUT2D eigenvalue weighted by atomic mass is 19.1. The molecule has 0 aliphatic rings. The number of anilines is 3. The molecule has 0 aliphatic heterocycles. The van der Waals surface area contributed by atoms with Crippen LogP contribution >= 0.6 is 0 Å². The van der Waals surface area contributed by atoms with Crippen LogP contribution in [0.4, 0.5) is 21.5 Å². The lowest BCUT2D eigenvalue weighted by atomic mass is 10.0. The van der Waals surface area contributed by atoms with Gasteiger partial charge in [0.15, 0.2) is 5.78 Å². The lowest BCUT2D eigenvalue weighted by molar-refractivity contribution is 0.103. The molecule has 0 spiro atoms. The maximum absolute atomic E-state index is 13.3. The Morgan fingerprint density at radius 2 is 1.03 bits per heavy atom. The van der Waals surface area contributed by atoms with Crippen LogP contribution in [0.15, 0.2) is 146 Å². The molecule has 0 heterocycles. The molecule has 0 saturated carbocycles. The molecule has 3 heteroatoms. The fourth-order valence-corrected chi connectivity index (χ4v) is 4.79. The van der Waals surface area contributed by atoms with Crippen molar-refractivity contribution in [1.29, 1.82) is 0 Å². The minimum absolute atomic E-state index is 0.138. The monoisotopic (exact) mass is 493 g/mol. The van der Waals surface area contributed by atoms with Crippen molar-refractivity contribution in [2.45, 2.75) is 0 Å². The van der Waals surface area contributed by atoms with E-state index in [2.05, 4.69) is 71.6 Å². The van der Waals surface area contributed by atoms with Gasteiger partial charge in [0.2, 0.25) is 0 Å². The Morgan fingerprint density at radius 3 is 1.71 bits per heavy atom. The molecule has 182 valence electrons. The predicted molar refractivity (Wildman–Crippen MR) is 154 cm³/mol. The first-order valence-corrected chi connectivity index (χ1v) is 12.5. The zero-order valence-corrected chi connectivity index (χ0v) is 20.6. The smallest absolute Gasteiger partial charge is 0.193 e. The van der Waals surface area contributed by atoms with Gasteiger partial charge in [-0.1, -0.05) is 78.9 Å². The molecule has 6 aromatic carbocycles. The average molecular weight is 494 g/mol. The van der Waals surface area contributed by atoms with E-state index in [4.69, 9.17) is 0 Å². The third-order valence-corrected chi connectivity index (χ3v) is 6.73. The van der Waals surface area contributed by atoms with E-state index in [1.165, 1.54) is 29.8 Å². The zero-order chi connectivity index (χ0) is 25.9. The van der Waals surface area contributed by atoms with E-state index in [-0.39, 0.29) is 11.6 Å². The summed E-state index contributed by atoms with van der Waals surface area (Å²) in [7, 11) is 0. The van der Waals surface area contributed by atoms with E-state index in [9.17, 15) is 9.18 Å². The normalized spacial score (nSPS) is 10.9. The number of fused-ring (bicyclic) bond motifs is 1. The maximum Gasteiger partial charge on any atom is 0.193 e. The molecule has 0 aliphatic carbocycles. The second kappa shape index (κ2) is 10.2. The molecule has 0 radical (unpaired) electrons. The summed E-state index contributed by atoms with van der Waals surface area (Å²) in [6.07, 6.45) is 0. The summed E-state index contributed by atoms with van der Waals surface area (Å²) in [5.74, 6) is -0.499. The lowest BCUT2D eigenvalue weighted by Crippen LogP contribution is -2.11. The molecule has 6 rings (SSSR count). The highest BCUT2D eigenvalue weighted by Gasteiger charge is 2.17. The maximum atomic E-state index is 13.3. The number of hydrogen-bond donors (Lipinski definition) is 0. The molecule has 6 aromatic rings. The van der Waals surface area contributed by atoms with Gasteiger partial charge in [-0.3, -0.25) is 4.79 Å². The van der Waals surface area contributed by atoms with Gasteiger partial charge in [0.1, 0.15) is 5.82 Å². The second-order valence-electron chi connectivity index (χ2n) is 9.13. The molecular formula is C35H24FNO. The number of benzene rings is 6. The number of halogens is 1. The number of hydrogen-bond acceptors (Lipinski definition) is 2. The van der Waals surface area contributed by atoms with Gasteiger partial charge in [0, 0.05) is 27.9 Å². The molecular weight excluding hydrogens is 469 g/mol. The third kappa shape index (κ3) is 4.58. The number of rotatable bonds is 6. The van der Waals surface area contributed by atoms with Crippen molar-refractivity contribution in [3.63, 3.8) is 0 Å². The predicted octanol–water partition coefficient (Wildman–Crippen LogP) is 9.35. The van der Waals surface area contributed by atoms with E-state index in [0.29, 0.717) is 11.1 Å². The van der Waals surface area contributed by atoms with Crippen LogP contribution in [0.25, 0.3) is 21.9 Å². The van der Waals surface area contributed by atoms with Gasteiger partial charge in [-0.15, -0.1) is 0 Å². The van der Waals surface area contributed by atoms with E-state index >= 15 is 0 Å². The Morgan fingerprint density at radius 1 is 0.500 bits per heavy atom. The number of ketones is 1. The van der Waals surface area contributed by atoms with Gasteiger partial charge >= 0.3 is 0 Å². The Bertz CT molecular complexity index is 1700. The molecule has 0 bridgehead atoms. The third-order valence-electron chi connectivity index (χ3n) is 6.73. The standard InChI is InChI=1S/C35H24FNO/c36-30-19-13-28(14-20-30)35(38)29-17-23-32(24-18-29)37(34-12-6-10-27-9-4-5-11-33(27)34)31-21-15-26(16-22-31)25-7-2-1-3-8-25/h1-24H. The second-order valence-corrected chi connectivity index (χ2v) is 9.13. The van der Waals surface area contributed by atoms with Gasteiger partial charge in [0.05, 0.1) is 5.69 Å². The van der Waals surface area contributed by atoms with Crippen molar-refractivity contribution >= 4 is 33.6 Å². The average Bonchev–Trinajstić information content (AvgIpc) is 2.99. The van der Waals surface area contributed by atoms with Crippen LogP contribution in [0.3, 0.4) is 0 Å². The Balaban J connectivity index is 1.42. The Labute approximate surface area is 221 Å². The lowest BCUT2D eigenvalue weighted by Gasteiger charge is -2.27. The summed E-state index contributed by atoms with van der Waals surface area (Å²) < 4.78 is 13.3. The summed E-state index contributed by atoms with van der Waals surface area (Å²) in [5, 5.41) is 2.28. The largest absolute Gasteiger partial charge is 0.310 e. The van der Waals surface area contributed by atoms with Crippen LogP contribution in [0.2, 0.25) is 0 Å². The molecule has 0 unspecified atom stereocenters. The molecule has 0 atom stereocenters. The Hall–Kier alpha value is -5.02. The van der Waals surface area contributed by atoms with Crippen LogP contribution in [0.5, 0.6) is 0 Å². The van der Waals surface area contributed by atoms with Crippen molar-refractivity contribution in [1.82, 2.24) is 0 Å². The fourth-order valence-electron chi connectivity index (χ4n) is 4.79. The quantitative estimate of drug-likeness (QED) is 0.215. The van der Waals surface area contributed by atoms with Crippen molar-refractivity contribution in [2.24, 2.45) is 0 Å². The Kier molecular flexibility index (Phi) is 6.25. The van der Waals surface area contributed by atoms with Crippen molar-refractivity contribution < 1.29 is 9.18 Å². The first-order chi connectivity index (χ1) is 18.7. The number of carbonyl (C=O) groups excluding carboxylic acids is 1.